The first-order valence-electron chi connectivity index (χ1n) is 14.1. The highest BCUT2D eigenvalue weighted by atomic mass is 35.5. The molecule has 1 heterocycles. The normalized spacial score (nSPS) is 19.9. The van der Waals surface area contributed by atoms with Crippen molar-refractivity contribution in [1.82, 2.24) is 10.0 Å². The quantitative estimate of drug-likeness (QED) is 0.263. The van der Waals surface area contributed by atoms with Crippen LogP contribution in [0.3, 0.4) is 0 Å². The second-order valence-corrected chi connectivity index (χ2v) is 13.2. The van der Waals surface area contributed by atoms with Gasteiger partial charge in [-0.2, -0.15) is 0 Å². The first-order valence-corrected chi connectivity index (χ1v) is 14.5. The number of nitrogens with zero attached hydrogens (tertiary/aromatic N) is 1. The third-order valence-electron chi connectivity index (χ3n) is 6.55. The molecule has 1 unspecified atom stereocenters. The predicted molar refractivity (Wildman–Crippen MR) is 163 cm³/mol. The van der Waals surface area contributed by atoms with Gasteiger partial charge in [-0.1, -0.05) is 32.4 Å². The number of quaternary nitrogens is 1. The lowest BCUT2D eigenvalue weighted by molar-refractivity contribution is -0.161. The van der Waals surface area contributed by atoms with Crippen LogP contribution in [0.15, 0.2) is 36.4 Å². The number of halogens is 1. The number of carbonyl (C=O) groups is 3. The summed E-state index contributed by atoms with van der Waals surface area (Å²) in [7, 11) is 1.56. The lowest BCUT2D eigenvalue weighted by Gasteiger charge is -2.41. The summed E-state index contributed by atoms with van der Waals surface area (Å²) in [5.74, 6) is -0.0196. The smallest absolute Gasteiger partial charge is 0.363 e. The Labute approximate surface area is 254 Å². The number of nitrogens with one attached hydrogen (secondary N) is 1. The Hall–Kier alpha value is -2.98. The monoisotopic (exact) mass is 603 g/mol. The highest BCUT2D eigenvalue weighted by Gasteiger charge is 2.51. The first kappa shape index (κ1) is 33.5. The van der Waals surface area contributed by atoms with Crippen molar-refractivity contribution in [2.45, 2.75) is 79.6 Å². The minimum Gasteiger partial charge on any atom is -0.496 e. The van der Waals surface area contributed by atoms with Crippen LogP contribution in [0.25, 0.3) is 0 Å². The Kier molecular flexibility index (Phi) is 10.5. The zero-order valence-electron chi connectivity index (χ0n) is 26.1. The Morgan fingerprint density at radius 1 is 1.10 bits per heavy atom. The number of ketones is 1. The van der Waals surface area contributed by atoms with Gasteiger partial charge in [-0.25, -0.2) is 4.79 Å². The molecule has 10 heteroatoms. The highest BCUT2D eigenvalue weighted by molar-refractivity contribution is 6.30. The molecule has 1 aliphatic rings. The van der Waals surface area contributed by atoms with E-state index in [1.165, 1.54) is 6.92 Å². The second kappa shape index (κ2) is 13.1. The summed E-state index contributed by atoms with van der Waals surface area (Å²) >= 11 is 6.55. The van der Waals surface area contributed by atoms with Gasteiger partial charge in [-0.3, -0.25) is 9.59 Å². The SMILES string of the molecule is CCOc1ccc([C@@H]2OCC(=O)[N+](CC(C)(C)C)(N[C@@H](CC(C)=O)C(=O)OC(C)(C)C)c3ccc(Cl)cc32)c(OC)c1. The van der Waals surface area contributed by atoms with Crippen LogP contribution >= 0.6 is 11.6 Å². The van der Waals surface area contributed by atoms with Crippen LogP contribution in [-0.2, 0) is 23.9 Å². The molecule has 0 aliphatic carbocycles. The Morgan fingerprint density at radius 2 is 1.79 bits per heavy atom. The third-order valence-corrected chi connectivity index (χ3v) is 6.79. The first-order chi connectivity index (χ1) is 19.5. The molecular weight excluding hydrogens is 560 g/mol. The van der Waals surface area contributed by atoms with Gasteiger partial charge in [-0.05, 0) is 58.9 Å². The van der Waals surface area contributed by atoms with Crippen molar-refractivity contribution >= 4 is 34.9 Å². The van der Waals surface area contributed by atoms with Crippen molar-refractivity contribution in [3.05, 3.63) is 52.5 Å². The van der Waals surface area contributed by atoms with Gasteiger partial charge in [0.1, 0.15) is 35.5 Å². The molecular formula is C32H44ClN2O7+. The summed E-state index contributed by atoms with van der Waals surface area (Å²) in [4.78, 5) is 40.1. The zero-order chi connectivity index (χ0) is 31.5. The molecule has 0 saturated carbocycles. The van der Waals surface area contributed by atoms with Crippen LogP contribution < -0.4 is 19.5 Å². The van der Waals surface area contributed by atoms with Crippen molar-refractivity contribution in [3.63, 3.8) is 0 Å². The van der Waals surface area contributed by atoms with Gasteiger partial charge in [0.05, 0.1) is 19.3 Å². The Morgan fingerprint density at radius 3 is 2.36 bits per heavy atom. The number of hydrogen-bond acceptors (Lipinski definition) is 8. The highest BCUT2D eigenvalue weighted by Crippen LogP contribution is 2.45. The van der Waals surface area contributed by atoms with Crippen molar-refractivity contribution in [1.29, 1.82) is 0 Å². The maximum atomic E-state index is 14.3. The molecule has 1 amide bonds. The molecule has 2 aromatic rings. The molecule has 1 N–H and O–H groups in total. The zero-order valence-corrected chi connectivity index (χ0v) is 26.9. The van der Waals surface area contributed by atoms with Gasteiger partial charge < -0.3 is 18.9 Å². The average Bonchev–Trinajstić information content (AvgIpc) is 2.96. The van der Waals surface area contributed by atoms with Crippen LogP contribution in [0.2, 0.25) is 5.02 Å². The molecule has 1 aliphatic heterocycles. The molecule has 2 aromatic carbocycles. The van der Waals surface area contributed by atoms with Crippen molar-refractivity contribution in [2.24, 2.45) is 5.41 Å². The van der Waals surface area contributed by atoms with Crippen molar-refractivity contribution in [2.75, 3.05) is 26.9 Å². The Bertz CT molecular complexity index is 1310. The summed E-state index contributed by atoms with van der Waals surface area (Å²) in [5.41, 5.74) is 3.94. The average molecular weight is 604 g/mol. The fraction of sp³-hybridized carbons (Fsp3) is 0.531. The maximum absolute atomic E-state index is 14.3. The number of Topliss-reactive ketones (excluding diaryl/α,β-unsaturated/α-hetero) is 1. The number of amides is 1. The number of hydrogen-bond donors (Lipinski definition) is 1. The van der Waals surface area contributed by atoms with Crippen LogP contribution in [0.1, 0.15) is 79.0 Å². The van der Waals surface area contributed by atoms with E-state index in [0.29, 0.717) is 39.9 Å². The molecule has 0 fully saturated rings. The number of ether oxygens (including phenoxy) is 4. The van der Waals surface area contributed by atoms with E-state index in [-0.39, 0.29) is 31.3 Å². The van der Waals surface area contributed by atoms with Gasteiger partial charge >= 0.3 is 11.9 Å². The molecule has 3 rings (SSSR count). The molecule has 0 aromatic heterocycles. The van der Waals surface area contributed by atoms with E-state index in [9.17, 15) is 14.4 Å². The van der Waals surface area contributed by atoms with E-state index in [1.807, 2.05) is 39.8 Å². The largest absolute Gasteiger partial charge is 0.496 e. The van der Waals surface area contributed by atoms with Crippen LogP contribution in [-0.4, -0.2) is 56.2 Å². The van der Waals surface area contributed by atoms with Gasteiger partial charge in [0.15, 0.2) is 18.3 Å². The lowest BCUT2D eigenvalue weighted by atomic mass is 9.93. The summed E-state index contributed by atoms with van der Waals surface area (Å²) in [6.45, 7) is 15.0. The van der Waals surface area contributed by atoms with Gasteiger partial charge in [0, 0.05) is 34.6 Å². The van der Waals surface area contributed by atoms with Crippen LogP contribution in [0.5, 0.6) is 11.5 Å². The number of fused-ring (bicyclic) bond motifs is 1. The molecule has 230 valence electrons. The van der Waals surface area contributed by atoms with Gasteiger partial charge in [-0.15, -0.1) is 10.0 Å². The lowest BCUT2D eigenvalue weighted by Crippen LogP contribution is -2.71. The van der Waals surface area contributed by atoms with Crippen LogP contribution in [0, 0.1) is 5.41 Å². The number of carbonyl (C=O) groups excluding carboxylic acids is 3. The third kappa shape index (κ3) is 8.10. The summed E-state index contributed by atoms with van der Waals surface area (Å²) in [6, 6.07) is 9.59. The van der Waals surface area contributed by atoms with E-state index in [1.54, 1.807) is 52.1 Å². The summed E-state index contributed by atoms with van der Waals surface area (Å²) in [6.07, 6.45) is -0.894. The number of benzene rings is 2. The van der Waals surface area contributed by atoms with Crippen molar-refractivity contribution < 1.29 is 33.3 Å². The second-order valence-electron chi connectivity index (χ2n) is 12.8. The number of methoxy groups -OCH3 is 1. The maximum Gasteiger partial charge on any atom is 0.363 e. The summed E-state index contributed by atoms with van der Waals surface area (Å²) in [5, 5.41) is 0.447. The molecule has 42 heavy (non-hydrogen) atoms. The van der Waals surface area contributed by atoms with E-state index >= 15 is 0 Å². The fourth-order valence-corrected chi connectivity index (χ4v) is 5.35. The molecule has 0 bridgehead atoms. The van der Waals surface area contributed by atoms with E-state index in [4.69, 9.17) is 30.5 Å². The predicted octanol–water partition coefficient (Wildman–Crippen LogP) is 5.94. The fourth-order valence-electron chi connectivity index (χ4n) is 5.17. The number of esters is 1. The van der Waals surface area contributed by atoms with E-state index in [2.05, 4.69) is 5.43 Å². The summed E-state index contributed by atoms with van der Waals surface area (Å²) < 4.78 is 22.9. The van der Waals surface area contributed by atoms with Crippen LogP contribution in [0.4, 0.5) is 5.69 Å². The molecule has 0 radical (unpaired) electrons. The van der Waals surface area contributed by atoms with E-state index in [0.717, 1.165) is 0 Å². The molecule has 9 nitrogen and oxygen atoms in total. The van der Waals surface area contributed by atoms with Crippen molar-refractivity contribution in [3.8, 4) is 11.5 Å². The molecule has 3 atom stereocenters. The molecule has 0 spiro atoms. The van der Waals surface area contributed by atoms with Gasteiger partial charge in [0.2, 0.25) is 0 Å². The number of rotatable bonds is 10. The topological polar surface area (TPSA) is 100 Å². The van der Waals surface area contributed by atoms with E-state index < -0.39 is 33.7 Å². The minimum absolute atomic E-state index is 0.160. The molecule has 0 saturated heterocycles. The Balaban J connectivity index is 2.28. The standard InChI is InChI=1S/C32H44ClN2O7/c1-10-40-22-12-13-23(27(17-22)39-9)29-24-16-21(33)11-14-26(24)35(19-31(3,4)5,28(37)18-41-29)34-25(15-20(2)36)30(38)42-32(6,7)8/h11-14,16-17,25,29,34H,10,15,18-19H2,1-9H3/q+1/t25-,29-,35?/m0/s1. The minimum atomic E-state index is -1.10. The van der Waals surface area contributed by atoms with Gasteiger partial charge in [0.25, 0.3) is 0 Å².